The van der Waals surface area contributed by atoms with Crippen molar-refractivity contribution in [2.24, 2.45) is 22.6 Å². The van der Waals surface area contributed by atoms with Crippen LogP contribution in [0.4, 0.5) is 0 Å². The summed E-state index contributed by atoms with van der Waals surface area (Å²) < 4.78 is 5.16. The molecule has 8 nitrogen and oxygen atoms in total. The Labute approximate surface area is 247 Å². The molecule has 1 aromatic heterocycles. The highest BCUT2D eigenvalue weighted by atomic mass is 16.5. The van der Waals surface area contributed by atoms with E-state index in [1.165, 1.54) is 18.2 Å². The molecule has 41 heavy (non-hydrogen) atoms. The maximum atomic E-state index is 13.5. The third kappa shape index (κ3) is 8.33. The van der Waals surface area contributed by atoms with E-state index >= 15 is 0 Å². The van der Waals surface area contributed by atoms with Gasteiger partial charge >= 0.3 is 5.97 Å². The van der Waals surface area contributed by atoms with Gasteiger partial charge in [0.1, 0.15) is 0 Å². The number of nitrogens with one attached hydrogen (secondary N) is 2. The van der Waals surface area contributed by atoms with Crippen molar-refractivity contribution >= 4 is 22.8 Å². The van der Waals surface area contributed by atoms with Crippen LogP contribution in [0.15, 0.2) is 12.1 Å². The maximum Gasteiger partial charge on any atom is 0.313 e. The number of hydrogen-bond acceptors (Lipinski definition) is 6. The minimum Gasteiger partial charge on any atom is -0.469 e. The number of H-pyrrole nitrogens is 1. The highest BCUT2D eigenvalue weighted by molar-refractivity contribution is 5.91. The third-order valence-corrected chi connectivity index (χ3v) is 8.12. The number of hydrogen-bond donors (Lipinski definition) is 5. The Morgan fingerprint density at radius 3 is 1.90 bits per heavy atom. The fraction of sp³-hybridized carbons (Fsp3) is 0.697. The Bertz CT molecular complexity index is 1190. The number of nitrogens with two attached hydrogens (primary N) is 3. The second-order valence-corrected chi connectivity index (χ2v) is 14.8. The average molecular weight is 572 g/mol. The Morgan fingerprint density at radius 2 is 1.46 bits per heavy atom. The van der Waals surface area contributed by atoms with Crippen LogP contribution in [0.1, 0.15) is 110 Å². The molecule has 0 bridgehead atoms. The fourth-order valence-electron chi connectivity index (χ4n) is 5.65. The lowest BCUT2D eigenvalue weighted by molar-refractivity contribution is -0.154. The molecule has 0 saturated carbocycles. The monoisotopic (exact) mass is 571 g/mol. The van der Waals surface area contributed by atoms with E-state index in [0.717, 1.165) is 22.2 Å². The minimum atomic E-state index is -0.886. The highest BCUT2D eigenvalue weighted by Crippen LogP contribution is 2.41. The van der Waals surface area contributed by atoms with Crippen LogP contribution >= 0.6 is 0 Å². The Hall–Kier alpha value is -2.42. The van der Waals surface area contributed by atoms with Gasteiger partial charge in [0.25, 0.3) is 0 Å². The molecular weight excluding hydrogens is 514 g/mol. The van der Waals surface area contributed by atoms with Crippen LogP contribution < -0.4 is 22.5 Å². The van der Waals surface area contributed by atoms with Crippen molar-refractivity contribution in [3.63, 3.8) is 0 Å². The number of aromatic nitrogens is 1. The van der Waals surface area contributed by atoms with Gasteiger partial charge < -0.3 is 32.2 Å². The SMILES string of the molecule is COC(=O)C(CCCN)(CCCN)CNC(=O)C(N)Cc1c(C(C)(C)C)[nH]c2cc(C(C)(C)C)cc(C(C)(C)C)c12. The summed E-state index contributed by atoms with van der Waals surface area (Å²) in [5.74, 6) is -0.652. The summed E-state index contributed by atoms with van der Waals surface area (Å²) in [7, 11) is 1.37. The van der Waals surface area contributed by atoms with Crippen molar-refractivity contribution in [3.8, 4) is 0 Å². The first-order chi connectivity index (χ1) is 18.8. The molecule has 0 radical (unpaired) electrons. The van der Waals surface area contributed by atoms with Crippen LogP contribution in [0.5, 0.6) is 0 Å². The molecule has 1 unspecified atom stereocenters. The first-order valence-electron chi connectivity index (χ1n) is 15.0. The molecule has 0 saturated heterocycles. The van der Waals surface area contributed by atoms with E-state index in [2.05, 4.69) is 84.7 Å². The first-order valence-corrected chi connectivity index (χ1v) is 15.0. The van der Waals surface area contributed by atoms with Crippen molar-refractivity contribution in [1.29, 1.82) is 0 Å². The maximum absolute atomic E-state index is 13.5. The van der Waals surface area contributed by atoms with Crippen LogP contribution in [0.2, 0.25) is 0 Å². The van der Waals surface area contributed by atoms with Crippen molar-refractivity contribution in [2.45, 2.75) is 117 Å². The zero-order chi connectivity index (χ0) is 31.4. The second-order valence-electron chi connectivity index (χ2n) is 14.8. The molecule has 8 heteroatoms. The number of esters is 1. The van der Waals surface area contributed by atoms with E-state index in [-0.39, 0.29) is 34.7 Å². The van der Waals surface area contributed by atoms with Crippen molar-refractivity contribution in [1.82, 2.24) is 10.3 Å². The van der Waals surface area contributed by atoms with Gasteiger partial charge in [0.15, 0.2) is 0 Å². The Kier molecular flexibility index (Phi) is 11.2. The summed E-state index contributed by atoms with van der Waals surface area (Å²) in [4.78, 5) is 30.1. The highest BCUT2D eigenvalue weighted by Gasteiger charge is 2.39. The first kappa shape index (κ1) is 34.8. The second kappa shape index (κ2) is 13.3. The quantitative estimate of drug-likeness (QED) is 0.234. The lowest BCUT2D eigenvalue weighted by Crippen LogP contribution is -2.49. The number of ether oxygens (including phenoxy) is 1. The van der Waals surface area contributed by atoms with Gasteiger partial charge in [-0.2, -0.15) is 0 Å². The van der Waals surface area contributed by atoms with Gasteiger partial charge in [0, 0.05) is 28.6 Å². The molecule has 0 aliphatic carbocycles. The van der Waals surface area contributed by atoms with Gasteiger partial charge in [-0.15, -0.1) is 0 Å². The molecule has 1 aromatic carbocycles. The lowest BCUT2D eigenvalue weighted by atomic mass is 9.77. The van der Waals surface area contributed by atoms with Crippen molar-refractivity contribution in [3.05, 3.63) is 34.5 Å². The summed E-state index contributed by atoms with van der Waals surface area (Å²) >= 11 is 0. The lowest BCUT2D eigenvalue weighted by Gasteiger charge is -2.32. The van der Waals surface area contributed by atoms with Crippen LogP contribution in [0.25, 0.3) is 10.9 Å². The zero-order valence-corrected chi connectivity index (χ0v) is 27.3. The van der Waals surface area contributed by atoms with E-state index < -0.39 is 11.5 Å². The normalized spacial score (nSPS) is 13.9. The van der Waals surface area contributed by atoms with Crippen LogP contribution in [0.3, 0.4) is 0 Å². The molecule has 0 aliphatic heterocycles. The summed E-state index contributed by atoms with van der Waals surface area (Å²) in [6, 6.07) is 3.76. The molecule has 232 valence electrons. The van der Waals surface area contributed by atoms with Gasteiger partial charge in [0.05, 0.1) is 18.6 Å². The number of carbonyl (C=O) groups is 2. The molecular formula is C33H57N5O3. The number of fused-ring (bicyclic) bond motifs is 1. The molecule has 1 atom stereocenters. The van der Waals surface area contributed by atoms with Gasteiger partial charge in [-0.3, -0.25) is 9.59 Å². The largest absolute Gasteiger partial charge is 0.469 e. The Balaban J connectivity index is 2.53. The molecule has 1 amide bonds. The van der Waals surface area contributed by atoms with E-state index in [1.807, 2.05) is 0 Å². The molecule has 1 heterocycles. The summed E-state index contributed by atoms with van der Waals surface area (Å²) in [6.07, 6.45) is 2.66. The summed E-state index contributed by atoms with van der Waals surface area (Å²) in [5, 5.41) is 4.14. The van der Waals surface area contributed by atoms with E-state index in [9.17, 15) is 9.59 Å². The molecule has 2 aromatic rings. The number of aromatic amines is 1. The summed E-state index contributed by atoms with van der Waals surface area (Å²) in [5.41, 5.74) is 22.7. The van der Waals surface area contributed by atoms with Gasteiger partial charge in [-0.1, -0.05) is 68.4 Å². The van der Waals surface area contributed by atoms with Crippen molar-refractivity contribution < 1.29 is 14.3 Å². The van der Waals surface area contributed by atoms with E-state index in [4.69, 9.17) is 21.9 Å². The van der Waals surface area contributed by atoms with Crippen LogP contribution in [0, 0.1) is 5.41 Å². The molecule has 8 N–H and O–H groups in total. The van der Waals surface area contributed by atoms with Gasteiger partial charge in [-0.25, -0.2) is 0 Å². The third-order valence-electron chi connectivity index (χ3n) is 8.12. The standard InChI is InChI=1S/C33H57N5O3/c1-30(2,3)21-17-23(31(4,5)6)26-22(27(32(7,8)9)38-25(26)18-21)19-24(36)28(39)37-20-33(13-11-15-34,14-12-16-35)29(40)41-10/h17-18,24,38H,11-16,19-20,34-36H2,1-10H3,(H,37,39). The predicted molar refractivity (Wildman–Crippen MR) is 170 cm³/mol. The van der Waals surface area contributed by atoms with E-state index in [1.54, 1.807) is 0 Å². The van der Waals surface area contributed by atoms with Gasteiger partial charge in [0.2, 0.25) is 5.91 Å². The van der Waals surface area contributed by atoms with Crippen molar-refractivity contribution in [2.75, 3.05) is 26.7 Å². The fourth-order valence-corrected chi connectivity index (χ4v) is 5.65. The average Bonchev–Trinajstić information content (AvgIpc) is 3.24. The number of amides is 1. The zero-order valence-electron chi connectivity index (χ0n) is 27.3. The topological polar surface area (TPSA) is 149 Å². The smallest absolute Gasteiger partial charge is 0.313 e. The molecule has 0 spiro atoms. The van der Waals surface area contributed by atoms with Crippen LogP contribution in [-0.4, -0.2) is 49.6 Å². The van der Waals surface area contributed by atoms with Crippen LogP contribution in [-0.2, 0) is 37.0 Å². The predicted octanol–water partition coefficient (Wildman–Crippen LogP) is 4.68. The molecule has 0 aliphatic rings. The number of methoxy groups -OCH3 is 1. The molecule has 2 rings (SSSR count). The van der Waals surface area contributed by atoms with Gasteiger partial charge in [-0.05, 0) is 78.8 Å². The number of carbonyl (C=O) groups excluding carboxylic acids is 2. The Morgan fingerprint density at radius 1 is 0.902 bits per heavy atom. The number of benzene rings is 1. The number of rotatable bonds is 12. The molecule has 0 fully saturated rings. The summed E-state index contributed by atoms with van der Waals surface area (Å²) in [6.45, 7) is 20.9. The minimum absolute atomic E-state index is 0.0163. The van der Waals surface area contributed by atoms with E-state index in [0.29, 0.717) is 45.2 Å².